The highest BCUT2D eigenvalue weighted by Crippen LogP contribution is 2.46. The lowest BCUT2D eigenvalue weighted by atomic mass is 9.93. The van der Waals surface area contributed by atoms with Gasteiger partial charge < -0.3 is 28.4 Å². The number of benzene rings is 1. The minimum Gasteiger partial charge on any atom is -0.377 e. The molecular formula is C25H34O6. The first-order valence-corrected chi connectivity index (χ1v) is 11.2. The van der Waals surface area contributed by atoms with Gasteiger partial charge in [0.1, 0.15) is 18.3 Å². The fraction of sp³-hybridized carbons (Fsp3) is 0.680. The summed E-state index contributed by atoms with van der Waals surface area (Å²) in [6.45, 7) is 7.16. The Labute approximate surface area is 185 Å². The Hall–Kier alpha value is -1.46. The van der Waals surface area contributed by atoms with Crippen LogP contribution in [0.4, 0.5) is 0 Å². The van der Waals surface area contributed by atoms with Gasteiger partial charge >= 0.3 is 0 Å². The van der Waals surface area contributed by atoms with E-state index in [0.29, 0.717) is 26.1 Å². The molecule has 6 atom stereocenters. The number of hydrogen-bond acceptors (Lipinski definition) is 6. The summed E-state index contributed by atoms with van der Waals surface area (Å²) in [5, 5.41) is 0. The summed E-state index contributed by atoms with van der Waals surface area (Å²) in [5.74, 6) is 5.22. The molecule has 6 heteroatoms. The van der Waals surface area contributed by atoms with E-state index in [4.69, 9.17) is 28.4 Å². The van der Waals surface area contributed by atoms with Gasteiger partial charge in [0.25, 0.3) is 0 Å². The molecule has 3 saturated heterocycles. The average Bonchev–Trinajstić information content (AvgIpc) is 3.26. The Morgan fingerprint density at radius 1 is 1.00 bits per heavy atom. The molecule has 3 aliphatic heterocycles. The third-order valence-electron chi connectivity index (χ3n) is 6.09. The molecule has 0 unspecified atom stereocenters. The van der Waals surface area contributed by atoms with Crippen molar-refractivity contribution in [1.29, 1.82) is 0 Å². The SMILES string of the molecule is CO[C@@]1(C)C[C@@H]2O[C@H](CC#CCCCOCc3ccccc3)[C@H]3OC(C)(C)O[C@H]3[C@@H]2O1. The minimum atomic E-state index is -0.662. The molecule has 0 spiro atoms. The van der Waals surface area contributed by atoms with E-state index in [0.717, 1.165) is 12.8 Å². The molecule has 0 aliphatic carbocycles. The molecule has 1 aromatic rings. The van der Waals surface area contributed by atoms with E-state index in [1.165, 1.54) is 5.56 Å². The molecule has 3 heterocycles. The van der Waals surface area contributed by atoms with E-state index in [9.17, 15) is 0 Å². The van der Waals surface area contributed by atoms with Gasteiger partial charge in [-0.05, 0) is 32.8 Å². The van der Waals surface area contributed by atoms with E-state index in [2.05, 4.69) is 24.0 Å². The van der Waals surface area contributed by atoms with Crippen LogP contribution < -0.4 is 0 Å². The molecule has 0 amide bonds. The number of fused-ring (bicyclic) bond motifs is 3. The molecule has 31 heavy (non-hydrogen) atoms. The molecule has 170 valence electrons. The van der Waals surface area contributed by atoms with Gasteiger partial charge in [-0.25, -0.2) is 0 Å². The third-order valence-corrected chi connectivity index (χ3v) is 6.09. The molecule has 0 radical (unpaired) electrons. The molecule has 0 saturated carbocycles. The second kappa shape index (κ2) is 9.58. The van der Waals surface area contributed by atoms with Gasteiger partial charge in [-0.2, -0.15) is 0 Å². The van der Waals surface area contributed by atoms with Crippen molar-refractivity contribution in [2.75, 3.05) is 13.7 Å². The summed E-state index contributed by atoms with van der Waals surface area (Å²) in [6.07, 6.45) is 2.21. The van der Waals surface area contributed by atoms with Gasteiger partial charge in [0.15, 0.2) is 11.6 Å². The molecule has 4 rings (SSSR count). The maximum atomic E-state index is 6.37. The molecule has 3 aliphatic rings. The number of unbranched alkanes of at least 4 members (excludes halogenated alkanes) is 1. The summed E-state index contributed by atoms with van der Waals surface area (Å²) in [6, 6.07) is 10.2. The Kier molecular flexibility index (Phi) is 7.02. The minimum absolute atomic E-state index is 0.0816. The molecule has 3 fully saturated rings. The van der Waals surface area contributed by atoms with Gasteiger partial charge in [0, 0.05) is 33.0 Å². The van der Waals surface area contributed by atoms with Crippen molar-refractivity contribution in [3.8, 4) is 11.8 Å². The van der Waals surface area contributed by atoms with Crippen molar-refractivity contribution in [2.24, 2.45) is 0 Å². The lowest BCUT2D eigenvalue weighted by Crippen LogP contribution is -2.54. The van der Waals surface area contributed by atoms with E-state index >= 15 is 0 Å². The number of hydrogen-bond donors (Lipinski definition) is 0. The van der Waals surface area contributed by atoms with Gasteiger partial charge in [-0.3, -0.25) is 0 Å². The summed E-state index contributed by atoms with van der Waals surface area (Å²) in [5.41, 5.74) is 1.19. The maximum Gasteiger partial charge on any atom is 0.168 e. The largest absolute Gasteiger partial charge is 0.377 e. The highest BCUT2D eigenvalue weighted by atomic mass is 16.8. The topological polar surface area (TPSA) is 55.4 Å². The van der Waals surface area contributed by atoms with Crippen LogP contribution in [0, 0.1) is 11.8 Å². The van der Waals surface area contributed by atoms with Crippen LogP contribution >= 0.6 is 0 Å². The van der Waals surface area contributed by atoms with Crippen LogP contribution in [0.3, 0.4) is 0 Å². The standard InChI is InChI=1S/C25H34O6/c1-24(2)29-21-19(28-20-16-25(3,26-4)31-22(20)23(21)30-24)14-10-5-6-11-15-27-17-18-12-8-7-9-13-18/h7-9,12-13,19-23H,6,11,14-17H2,1-4H3/t19-,20+,21-,22-,23-,25-/m1/s1. The van der Waals surface area contributed by atoms with Crippen molar-refractivity contribution in [3.05, 3.63) is 35.9 Å². The summed E-state index contributed by atoms with van der Waals surface area (Å²) in [7, 11) is 1.66. The average molecular weight is 431 g/mol. The first-order chi connectivity index (χ1) is 14.9. The van der Waals surface area contributed by atoms with Crippen LogP contribution in [0.15, 0.2) is 30.3 Å². The van der Waals surface area contributed by atoms with E-state index in [1.54, 1.807) is 7.11 Å². The number of rotatable bonds is 7. The Morgan fingerprint density at radius 2 is 1.77 bits per heavy atom. The van der Waals surface area contributed by atoms with Crippen molar-refractivity contribution in [1.82, 2.24) is 0 Å². The fourth-order valence-corrected chi connectivity index (χ4v) is 4.54. The van der Waals surface area contributed by atoms with Crippen LogP contribution in [-0.2, 0) is 35.0 Å². The predicted octanol–water partition coefficient (Wildman–Crippen LogP) is 3.82. The van der Waals surface area contributed by atoms with Gasteiger partial charge in [0.2, 0.25) is 0 Å². The zero-order valence-electron chi connectivity index (χ0n) is 19.0. The van der Waals surface area contributed by atoms with E-state index in [-0.39, 0.29) is 30.5 Å². The zero-order valence-corrected chi connectivity index (χ0v) is 19.0. The van der Waals surface area contributed by atoms with Gasteiger partial charge in [0.05, 0.1) is 18.8 Å². The predicted molar refractivity (Wildman–Crippen MR) is 115 cm³/mol. The Bertz CT molecular complexity index is 784. The Balaban J connectivity index is 1.26. The lowest BCUT2D eigenvalue weighted by molar-refractivity contribution is -0.232. The van der Waals surface area contributed by atoms with Crippen LogP contribution in [-0.4, -0.2) is 55.8 Å². The normalized spacial score (nSPS) is 35.8. The van der Waals surface area contributed by atoms with Gasteiger partial charge in [-0.15, -0.1) is 11.8 Å². The molecule has 0 aromatic heterocycles. The highest BCUT2D eigenvalue weighted by Gasteiger charge is 2.60. The smallest absolute Gasteiger partial charge is 0.168 e. The summed E-state index contributed by atoms with van der Waals surface area (Å²) >= 11 is 0. The quantitative estimate of drug-likeness (QED) is 0.484. The van der Waals surface area contributed by atoms with Crippen LogP contribution in [0.5, 0.6) is 0 Å². The molecule has 1 aromatic carbocycles. The molecular weight excluding hydrogens is 396 g/mol. The number of methoxy groups -OCH3 is 1. The van der Waals surface area contributed by atoms with Crippen molar-refractivity contribution in [2.45, 2.75) is 95.2 Å². The summed E-state index contributed by atoms with van der Waals surface area (Å²) in [4.78, 5) is 0. The van der Waals surface area contributed by atoms with Crippen LogP contribution in [0.1, 0.15) is 52.0 Å². The lowest BCUT2D eigenvalue weighted by Gasteiger charge is -2.37. The fourth-order valence-electron chi connectivity index (χ4n) is 4.54. The second-order valence-electron chi connectivity index (χ2n) is 9.10. The van der Waals surface area contributed by atoms with Gasteiger partial charge in [-0.1, -0.05) is 30.3 Å². The van der Waals surface area contributed by atoms with Crippen molar-refractivity contribution in [3.63, 3.8) is 0 Å². The highest BCUT2D eigenvalue weighted by molar-refractivity contribution is 5.13. The zero-order chi connectivity index (χ0) is 21.9. The van der Waals surface area contributed by atoms with Crippen LogP contribution in [0.2, 0.25) is 0 Å². The van der Waals surface area contributed by atoms with E-state index in [1.807, 2.05) is 39.0 Å². The monoisotopic (exact) mass is 430 g/mol. The third kappa shape index (κ3) is 5.48. The first-order valence-electron chi connectivity index (χ1n) is 11.2. The molecule has 0 N–H and O–H groups in total. The first kappa shape index (κ1) is 22.7. The van der Waals surface area contributed by atoms with Crippen molar-refractivity contribution >= 4 is 0 Å². The molecule has 0 bridgehead atoms. The number of ether oxygens (including phenoxy) is 6. The Morgan fingerprint density at radius 3 is 2.55 bits per heavy atom. The maximum absolute atomic E-state index is 6.37. The molecule has 6 nitrogen and oxygen atoms in total. The van der Waals surface area contributed by atoms with Crippen molar-refractivity contribution < 1.29 is 28.4 Å². The summed E-state index contributed by atoms with van der Waals surface area (Å²) < 4.78 is 36.2. The van der Waals surface area contributed by atoms with Crippen LogP contribution in [0.25, 0.3) is 0 Å². The van der Waals surface area contributed by atoms with E-state index < -0.39 is 11.6 Å². The second-order valence-corrected chi connectivity index (χ2v) is 9.10.